The molecule has 3 aromatic carbocycles. The van der Waals surface area contributed by atoms with Gasteiger partial charge in [0, 0.05) is 20.8 Å². The van der Waals surface area contributed by atoms with Gasteiger partial charge in [-0.15, -0.1) is 0 Å². The summed E-state index contributed by atoms with van der Waals surface area (Å²) >= 11 is 0. The van der Waals surface area contributed by atoms with Crippen LogP contribution in [-0.4, -0.2) is 83.1 Å². The van der Waals surface area contributed by atoms with E-state index in [1.807, 2.05) is 0 Å². The lowest BCUT2D eigenvalue weighted by atomic mass is 9.52. The van der Waals surface area contributed by atoms with E-state index in [9.17, 15) is 28.8 Å². The quantitative estimate of drug-likeness (QED) is 0.211. The number of rotatable bonds is 9. The van der Waals surface area contributed by atoms with Crippen molar-refractivity contribution in [2.24, 2.45) is 11.8 Å². The number of benzene rings is 3. The summed E-state index contributed by atoms with van der Waals surface area (Å²) in [7, 11) is 0. The molecule has 2 saturated carbocycles. The van der Waals surface area contributed by atoms with Gasteiger partial charge >= 0.3 is 35.8 Å². The predicted octanol–water partition coefficient (Wildman–Crippen LogP) is 5.05. The van der Waals surface area contributed by atoms with Crippen molar-refractivity contribution in [3.05, 3.63) is 108 Å². The normalized spacial score (nSPS) is 30.4. The van der Waals surface area contributed by atoms with Crippen molar-refractivity contribution in [1.82, 2.24) is 0 Å². The molecule has 0 amide bonds. The highest BCUT2D eigenvalue weighted by Gasteiger charge is 2.87. The highest BCUT2D eigenvalue weighted by atomic mass is 16.7. The summed E-state index contributed by atoms with van der Waals surface area (Å²) in [4.78, 5) is 81.9. The Bertz CT molecular complexity index is 1910. The zero-order valence-corrected chi connectivity index (χ0v) is 30.7. The van der Waals surface area contributed by atoms with Crippen LogP contribution < -0.4 is 0 Å². The first-order valence-electron chi connectivity index (χ1n) is 17.6. The fourth-order valence-corrected chi connectivity index (χ4v) is 8.59. The molecule has 0 radical (unpaired) electrons. The number of ether oxygens (including phenoxy) is 7. The minimum Gasteiger partial charge on any atom is -0.459 e. The number of fused-ring (bicyclic) bond motifs is 1. The largest absolute Gasteiger partial charge is 0.459 e. The van der Waals surface area contributed by atoms with Crippen LogP contribution >= 0.6 is 0 Å². The number of esters is 6. The van der Waals surface area contributed by atoms with E-state index in [1.165, 1.54) is 43.3 Å². The topological polar surface area (TPSA) is 167 Å². The van der Waals surface area contributed by atoms with Crippen molar-refractivity contribution >= 4 is 35.8 Å². The molecule has 54 heavy (non-hydrogen) atoms. The Hall–Kier alpha value is -5.56. The molecule has 0 unspecified atom stereocenters. The molecule has 6 rings (SSSR count). The fourth-order valence-electron chi connectivity index (χ4n) is 8.59. The van der Waals surface area contributed by atoms with E-state index >= 15 is 0 Å². The van der Waals surface area contributed by atoms with Gasteiger partial charge < -0.3 is 33.2 Å². The fraction of sp³-hybridized carbons (Fsp3) is 0.415. The summed E-state index contributed by atoms with van der Waals surface area (Å²) in [5, 5.41) is 0. The SMILES string of the molecule is CC(=O)O[C@H]1C[C@@H](C)[C@]23OC(C)(C)[C@H]([C@H](OC(=O)c4ccccc4)[C@H](OC(=O)c4ccccc4)[C@]2(OC(=O)c2ccccc2)[C@H]1OC(C)=O)[C@H]3OC(C)=O. The molecule has 1 aliphatic heterocycles. The van der Waals surface area contributed by atoms with E-state index in [4.69, 9.17) is 33.2 Å². The second-order valence-electron chi connectivity index (χ2n) is 14.3. The Labute approximate surface area is 312 Å². The molecule has 13 nitrogen and oxygen atoms in total. The summed E-state index contributed by atoms with van der Waals surface area (Å²) in [6.45, 7) is 8.54. The van der Waals surface area contributed by atoms with Gasteiger partial charge in [-0.3, -0.25) is 14.4 Å². The van der Waals surface area contributed by atoms with Gasteiger partial charge in [-0.2, -0.15) is 0 Å². The van der Waals surface area contributed by atoms with Crippen molar-refractivity contribution < 1.29 is 61.9 Å². The first kappa shape index (κ1) is 38.2. The zero-order chi connectivity index (χ0) is 39.0. The van der Waals surface area contributed by atoms with Crippen LogP contribution in [0.5, 0.6) is 0 Å². The predicted molar refractivity (Wildman–Crippen MR) is 188 cm³/mol. The maximum absolute atomic E-state index is 14.6. The van der Waals surface area contributed by atoms with Crippen LogP contribution in [-0.2, 0) is 47.5 Å². The van der Waals surface area contributed by atoms with Gasteiger partial charge in [0.2, 0.25) is 5.60 Å². The third-order valence-electron chi connectivity index (χ3n) is 10.4. The summed E-state index contributed by atoms with van der Waals surface area (Å²) in [5.74, 6) is -7.05. The smallest absolute Gasteiger partial charge is 0.339 e. The summed E-state index contributed by atoms with van der Waals surface area (Å²) in [5.41, 5.74) is -5.62. The minimum absolute atomic E-state index is 0.0419. The van der Waals surface area contributed by atoms with Crippen molar-refractivity contribution in [2.45, 2.75) is 95.3 Å². The molecule has 9 atom stereocenters. The number of carbonyl (C=O) groups is 6. The van der Waals surface area contributed by atoms with E-state index in [-0.39, 0.29) is 23.1 Å². The van der Waals surface area contributed by atoms with Crippen LogP contribution in [0.25, 0.3) is 0 Å². The molecule has 2 aliphatic carbocycles. The van der Waals surface area contributed by atoms with Crippen LogP contribution in [0.4, 0.5) is 0 Å². The van der Waals surface area contributed by atoms with Gasteiger partial charge in [-0.05, 0) is 62.6 Å². The molecular formula is C41H42O13. The van der Waals surface area contributed by atoms with E-state index < -0.39 is 95.0 Å². The minimum atomic E-state index is -2.53. The lowest BCUT2D eigenvalue weighted by molar-refractivity contribution is -0.342. The van der Waals surface area contributed by atoms with E-state index in [1.54, 1.807) is 75.4 Å². The molecule has 2 bridgehead atoms. The highest BCUT2D eigenvalue weighted by molar-refractivity contribution is 5.92. The van der Waals surface area contributed by atoms with Crippen molar-refractivity contribution in [2.75, 3.05) is 0 Å². The summed E-state index contributed by atoms with van der Waals surface area (Å²) in [6.07, 6.45) is -7.97. The van der Waals surface area contributed by atoms with Crippen molar-refractivity contribution in [3.63, 3.8) is 0 Å². The maximum Gasteiger partial charge on any atom is 0.339 e. The molecular weight excluding hydrogens is 700 g/mol. The zero-order valence-electron chi connectivity index (χ0n) is 30.7. The number of hydrogen-bond donors (Lipinski definition) is 0. The Morgan fingerprint density at radius 2 is 1.02 bits per heavy atom. The molecule has 1 spiro atoms. The second kappa shape index (κ2) is 14.7. The second-order valence-corrected chi connectivity index (χ2v) is 14.3. The van der Waals surface area contributed by atoms with E-state index in [0.29, 0.717) is 0 Å². The molecule has 284 valence electrons. The Morgan fingerprint density at radius 1 is 0.574 bits per heavy atom. The first-order chi connectivity index (χ1) is 25.6. The van der Waals surface area contributed by atoms with Gasteiger partial charge in [-0.1, -0.05) is 61.5 Å². The maximum atomic E-state index is 14.6. The van der Waals surface area contributed by atoms with E-state index in [0.717, 1.165) is 13.8 Å². The molecule has 13 heteroatoms. The van der Waals surface area contributed by atoms with Crippen LogP contribution in [0.2, 0.25) is 0 Å². The molecule has 1 saturated heterocycles. The third-order valence-corrected chi connectivity index (χ3v) is 10.4. The molecule has 0 aromatic heterocycles. The van der Waals surface area contributed by atoms with Crippen LogP contribution in [0.15, 0.2) is 91.0 Å². The van der Waals surface area contributed by atoms with Gasteiger partial charge in [0.15, 0.2) is 23.9 Å². The monoisotopic (exact) mass is 742 g/mol. The Morgan fingerprint density at radius 3 is 1.50 bits per heavy atom. The molecule has 3 aromatic rings. The molecule has 3 fully saturated rings. The molecule has 3 aliphatic rings. The van der Waals surface area contributed by atoms with Crippen LogP contribution in [0, 0.1) is 11.8 Å². The van der Waals surface area contributed by atoms with Crippen molar-refractivity contribution in [3.8, 4) is 0 Å². The van der Waals surface area contributed by atoms with Crippen molar-refractivity contribution in [1.29, 1.82) is 0 Å². The van der Waals surface area contributed by atoms with Crippen LogP contribution in [0.1, 0.15) is 79.0 Å². The Kier molecular flexibility index (Phi) is 10.4. The van der Waals surface area contributed by atoms with E-state index in [2.05, 4.69) is 0 Å². The Balaban J connectivity index is 1.71. The number of hydrogen-bond acceptors (Lipinski definition) is 13. The molecule has 0 N–H and O–H groups in total. The third kappa shape index (κ3) is 6.61. The molecule has 1 heterocycles. The summed E-state index contributed by atoms with van der Waals surface area (Å²) in [6, 6.07) is 23.8. The summed E-state index contributed by atoms with van der Waals surface area (Å²) < 4.78 is 44.5. The first-order valence-corrected chi connectivity index (χ1v) is 17.6. The van der Waals surface area contributed by atoms with Gasteiger partial charge in [-0.25, -0.2) is 14.4 Å². The lowest BCUT2D eigenvalue weighted by Crippen LogP contribution is -2.85. The lowest BCUT2D eigenvalue weighted by Gasteiger charge is -2.63. The number of carbonyl (C=O) groups excluding carboxylic acids is 6. The van der Waals surface area contributed by atoms with Gasteiger partial charge in [0.1, 0.15) is 12.2 Å². The van der Waals surface area contributed by atoms with Gasteiger partial charge in [0.25, 0.3) is 0 Å². The van der Waals surface area contributed by atoms with Crippen LogP contribution in [0.3, 0.4) is 0 Å². The highest BCUT2D eigenvalue weighted by Crippen LogP contribution is 2.66. The standard InChI is InChI=1S/C41H42O13/c1-23-22-30(48-24(2)42)33(49-25(3)43)41(53-38(47)29-20-14-9-15-21-29)35(52-37(46)28-18-12-8-13-19-28)32(51-36(45)27-16-10-7-11-17-27)31-34(50-26(4)44)40(23,41)54-39(31,5)6/h7-21,23,30-35H,22H2,1-6H3/t23-,30+,31-,32+,33+,34-,35+,40-,41-/m1/s1. The average Bonchev–Trinajstić information content (AvgIpc) is 3.33. The van der Waals surface area contributed by atoms with Gasteiger partial charge in [0.05, 0.1) is 28.2 Å². The average molecular weight is 743 g/mol.